The largest absolute Gasteiger partial charge is 0.393 e. The molecule has 1 unspecified atom stereocenters. The zero-order valence-corrected chi connectivity index (χ0v) is 13.5. The lowest BCUT2D eigenvalue weighted by Gasteiger charge is -2.07. The second-order valence-electron chi connectivity index (χ2n) is 5.52. The van der Waals surface area contributed by atoms with Gasteiger partial charge in [-0.2, -0.15) is 5.10 Å². The van der Waals surface area contributed by atoms with Crippen LogP contribution in [0.1, 0.15) is 35.1 Å². The zero-order valence-electron chi connectivity index (χ0n) is 13.5. The first-order valence-electron chi connectivity index (χ1n) is 7.54. The number of benzene rings is 1. The third-order valence-electron chi connectivity index (χ3n) is 3.57. The standard InChI is InChI=1S/C17H21N3O3/c1-11(21)9-10-18-17(23)16(22)15-12(2)19-20(13(15)3)14-7-5-4-6-8-14/h4-8,11,21H,9-10H2,1-3H3,(H,18,23). The molecule has 1 atom stereocenters. The Morgan fingerprint density at radius 1 is 1.26 bits per heavy atom. The quantitative estimate of drug-likeness (QED) is 0.626. The molecule has 122 valence electrons. The molecule has 0 radical (unpaired) electrons. The number of rotatable bonds is 6. The number of para-hydroxylation sites is 1. The zero-order chi connectivity index (χ0) is 17.0. The number of aryl methyl sites for hydroxylation is 1. The molecule has 1 aromatic carbocycles. The molecule has 1 amide bonds. The van der Waals surface area contributed by atoms with E-state index in [0.29, 0.717) is 23.4 Å². The van der Waals surface area contributed by atoms with Crippen LogP contribution in [-0.2, 0) is 4.79 Å². The predicted octanol–water partition coefficient (Wildman–Crippen LogP) is 1.56. The van der Waals surface area contributed by atoms with Gasteiger partial charge in [0.05, 0.1) is 28.7 Å². The summed E-state index contributed by atoms with van der Waals surface area (Å²) in [6, 6.07) is 9.44. The van der Waals surface area contributed by atoms with Crippen molar-refractivity contribution in [1.82, 2.24) is 15.1 Å². The van der Waals surface area contributed by atoms with E-state index in [1.165, 1.54) is 0 Å². The van der Waals surface area contributed by atoms with E-state index in [9.17, 15) is 14.7 Å². The first-order chi connectivity index (χ1) is 10.9. The van der Waals surface area contributed by atoms with E-state index in [2.05, 4.69) is 10.4 Å². The summed E-state index contributed by atoms with van der Waals surface area (Å²) in [7, 11) is 0. The van der Waals surface area contributed by atoms with Crippen molar-refractivity contribution in [1.29, 1.82) is 0 Å². The molecular formula is C17H21N3O3. The Morgan fingerprint density at radius 3 is 2.52 bits per heavy atom. The average molecular weight is 315 g/mol. The van der Waals surface area contributed by atoms with Gasteiger partial charge < -0.3 is 10.4 Å². The van der Waals surface area contributed by atoms with Crippen molar-refractivity contribution in [2.45, 2.75) is 33.3 Å². The van der Waals surface area contributed by atoms with Crippen molar-refractivity contribution in [2.75, 3.05) is 6.54 Å². The number of nitrogens with one attached hydrogen (secondary N) is 1. The van der Waals surface area contributed by atoms with E-state index >= 15 is 0 Å². The van der Waals surface area contributed by atoms with E-state index in [1.54, 1.807) is 25.5 Å². The van der Waals surface area contributed by atoms with Crippen LogP contribution in [0.3, 0.4) is 0 Å². The number of nitrogens with zero attached hydrogens (tertiary/aromatic N) is 2. The smallest absolute Gasteiger partial charge is 0.292 e. The van der Waals surface area contributed by atoms with Gasteiger partial charge in [0.2, 0.25) is 0 Å². The molecule has 0 fully saturated rings. The summed E-state index contributed by atoms with van der Waals surface area (Å²) in [4.78, 5) is 24.4. The maximum Gasteiger partial charge on any atom is 0.292 e. The number of aromatic nitrogens is 2. The van der Waals surface area contributed by atoms with Crippen molar-refractivity contribution in [3.8, 4) is 5.69 Å². The molecule has 0 saturated heterocycles. The van der Waals surface area contributed by atoms with Crippen LogP contribution in [0.4, 0.5) is 0 Å². The highest BCUT2D eigenvalue weighted by Crippen LogP contribution is 2.18. The lowest BCUT2D eigenvalue weighted by Crippen LogP contribution is -2.33. The number of aliphatic hydroxyl groups is 1. The summed E-state index contributed by atoms with van der Waals surface area (Å²) in [5, 5.41) is 16.1. The lowest BCUT2D eigenvalue weighted by atomic mass is 10.1. The Bertz CT molecular complexity index is 705. The van der Waals surface area contributed by atoms with E-state index in [4.69, 9.17) is 0 Å². The van der Waals surface area contributed by atoms with Gasteiger partial charge in [-0.15, -0.1) is 0 Å². The topological polar surface area (TPSA) is 84.2 Å². The third kappa shape index (κ3) is 3.84. The fourth-order valence-electron chi connectivity index (χ4n) is 2.38. The van der Waals surface area contributed by atoms with Gasteiger partial charge in [-0.1, -0.05) is 18.2 Å². The van der Waals surface area contributed by atoms with Gasteiger partial charge in [0.25, 0.3) is 11.7 Å². The Morgan fingerprint density at radius 2 is 1.91 bits per heavy atom. The molecule has 0 aliphatic rings. The highest BCUT2D eigenvalue weighted by Gasteiger charge is 2.24. The van der Waals surface area contributed by atoms with E-state index in [0.717, 1.165) is 5.69 Å². The van der Waals surface area contributed by atoms with Crippen molar-refractivity contribution < 1.29 is 14.7 Å². The fourth-order valence-corrected chi connectivity index (χ4v) is 2.38. The Labute approximate surface area is 135 Å². The maximum absolute atomic E-state index is 12.4. The van der Waals surface area contributed by atoms with Gasteiger partial charge in [-0.05, 0) is 39.3 Å². The van der Waals surface area contributed by atoms with Crippen molar-refractivity contribution in [3.05, 3.63) is 47.3 Å². The molecular weight excluding hydrogens is 294 g/mol. The minimum atomic E-state index is -0.676. The molecule has 23 heavy (non-hydrogen) atoms. The second kappa shape index (κ2) is 7.19. The van der Waals surface area contributed by atoms with E-state index in [1.807, 2.05) is 30.3 Å². The van der Waals surface area contributed by atoms with Crippen LogP contribution >= 0.6 is 0 Å². The summed E-state index contributed by atoms with van der Waals surface area (Å²) < 4.78 is 1.66. The summed E-state index contributed by atoms with van der Waals surface area (Å²) in [5.74, 6) is -1.28. The number of aliphatic hydroxyl groups excluding tert-OH is 1. The molecule has 1 aromatic heterocycles. The van der Waals surface area contributed by atoms with Crippen molar-refractivity contribution in [3.63, 3.8) is 0 Å². The molecule has 6 heteroatoms. The van der Waals surface area contributed by atoms with Crippen LogP contribution < -0.4 is 5.32 Å². The Balaban J connectivity index is 2.21. The Kier molecular flexibility index (Phi) is 5.28. The van der Waals surface area contributed by atoms with Crippen LogP contribution in [0, 0.1) is 13.8 Å². The van der Waals surface area contributed by atoms with Crippen molar-refractivity contribution in [2.24, 2.45) is 0 Å². The van der Waals surface area contributed by atoms with Gasteiger partial charge in [-0.25, -0.2) is 4.68 Å². The fraction of sp³-hybridized carbons (Fsp3) is 0.353. The number of Topliss-reactive ketones (excluding diaryl/α,β-unsaturated/α-hetero) is 1. The number of ketones is 1. The summed E-state index contributed by atoms with van der Waals surface area (Å²) in [5.41, 5.74) is 2.30. The molecule has 6 nitrogen and oxygen atoms in total. The highest BCUT2D eigenvalue weighted by molar-refractivity contribution is 6.43. The predicted molar refractivity (Wildman–Crippen MR) is 86.7 cm³/mol. The summed E-state index contributed by atoms with van der Waals surface area (Å²) in [6.45, 7) is 5.37. The van der Waals surface area contributed by atoms with Crippen LogP contribution in [0.25, 0.3) is 5.69 Å². The summed E-state index contributed by atoms with van der Waals surface area (Å²) >= 11 is 0. The second-order valence-corrected chi connectivity index (χ2v) is 5.52. The van der Waals surface area contributed by atoms with Gasteiger partial charge in [0, 0.05) is 6.54 Å². The number of carbonyl (C=O) groups is 2. The van der Waals surface area contributed by atoms with Gasteiger partial charge in [0.1, 0.15) is 0 Å². The van der Waals surface area contributed by atoms with Crippen molar-refractivity contribution >= 4 is 11.7 Å². The van der Waals surface area contributed by atoms with Crippen LogP contribution in [0.5, 0.6) is 0 Å². The molecule has 0 aliphatic heterocycles. The molecule has 0 aliphatic carbocycles. The third-order valence-corrected chi connectivity index (χ3v) is 3.57. The molecule has 2 rings (SSSR count). The maximum atomic E-state index is 12.4. The average Bonchev–Trinajstić information content (AvgIpc) is 2.82. The highest BCUT2D eigenvalue weighted by atomic mass is 16.3. The van der Waals surface area contributed by atoms with Crippen LogP contribution in [-0.4, -0.2) is 39.2 Å². The van der Waals surface area contributed by atoms with Gasteiger partial charge in [0.15, 0.2) is 0 Å². The van der Waals surface area contributed by atoms with E-state index in [-0.39, 0.29) is 6.54 Å². The number of amides is 1. The van der Waals surface area contributed by atoms with Gasteiger partial charge in [-0.3, -0.25) is 9.59 Å². The molecule has 2 N–H and O–H groups in total. The number of hydrogen-bond donors (Lipinski definition) is 2. The molecule has 2 aromatic rings. The molecule has 0 spiro atoms. The lowest BCUT2D eigenvalue weighted by molar-refractivity contribution is -0.117. The number of carbonyl (C=O) groups excluding carboxylic acids is 2. The van der Waals surface area contributed by atoms with Gasteiger partial charge >= 0.3 is 0 Å². The minimum Gasteiger partial charge on any atom is -0.393 e. The first-order valence-corrected chi connectivity index (χ1v) is 7.54. The van der Waals surface area contributed by atoms with E-state index < -0.39 is 17.8 Å². The molecule has 0 bridgehead atoms. The molecule has 1 heterocycles. The van der Waals surface area contributed by atoms with Crippen LogP contribution in [0.15, 0.2) is 30.3 Å². The first kappa shape index (κ1) is 16.9. The Hall–Kier alpha value is -2.47. The number of hydrogen-bond acceptors (Lipinski definition) is 4. The normalized spacial score (nSPS) is 12.0. The molecule has 0 saturated carbocycles. The SMILES string of the molecule is Cc1nn(-c2ccccc2)c(C)c1C(=O)C(=O)NCCC(C)O. The van der Waals surface area contributed by atoms with Crippen LogP contribution in [0.2, 0.25) is 0 Å². The monoisotopic (exact) mass is 315 g/mol. The minimum absolute atomic E-state index is 0.257. The summed E-state index contributed by atoms with van der Waals surface area (Å²) in [6.07, 6.45) is -0.116.